The van der Waals surface area contributed by atoms with Crippen LogP contribution in [0.5, 0.6) is 0 Å². The third-order valence-electron chi connectivity index (χ3n) is 3.49. The highest BCUT2D eigenvalue weighted by Gasteiger charge is 2.25. The van der Waals surface area contributed by atoms with Crippen LogP contribution in [0.1, 0.15) is 39.2 Å². The number of pyridine rings is 1. The Morgan fingerprint density at radius 2 is 2.33 bits per heavy atom. The van der Waals surface area contributed by atoms with E-state index in [0.717, 1.165) is 19.5 Å². The molecule has 0 aromatic carbocycles. The van der Waals surface area contributed by atoms with E-state index in [9.17, 15) is 4.79 Å². The van der Waals surface area contributed by atoms with E-state index in [4.69, 9.17) is 4.74 Å². The van der Waals surface area contributed by atoms with Gasteiger partial charge >= 0.3 is 6.09 Å². The molecule has 5 nitrogen and oxygen atoms in total. The Morgan fingerprint density at radius 3 is 3.00 bits per heavy atom. The zero-order valence-electron chi connectivity index (χ0n) is 13.1. The van der Waals surface area contributed by atoms with Crippen LogP contribution in [0.4, 0.5) is 4.79 Å². The zero-order valence-corrected chi connectivity index (χ0v) is 13.1. The fourth-order valence-corrected chi connectivity index (χ4v) is 2.58. The summed E-state index contributed by atoms with van der Waals surface area (Å²) < 4.78 is 5.27. The fraction of sp³-hybridized carbons (Fsp3) is 0.625. The van der Waals surface area contributed by atoms with Gasteiger partial charge in [0.05, 0.1) is 0 Å². The summed E-state index contributed by atoms with van der Waals surface area (Å²) in [5.74, 6) is 0. The first-order valence-corrected chi connectivity index (χ1v) is 7.54. The van der Waals surface area contributed by atoms with Crippen molar-refractivity contribution in [3.63, 3.8) is 0 Å². The molecule has 1 aliphatic rings. The van der Waals surface area contributed by atoms with Crippen molar-refractivity contribution in [2.24, 2.45) is 0 Å². The normalized spacial score (nSPS) is 19.5. The molecule has 2 heterocycles. The second-order valence-electron chi connectivity index (χ2n) is 6.51. The molecule has 0 saturated carbocycles. The van der Waals surface area contributed by atoms with Crippen LogP contribution in [0, 0.1) is 0 Å². The van der Waals surface area contributed by atoms with Crippen LogP contribution in [-0.4, -0.2) is 40.7 Å². The third kappa shape index (κ3) is 5.34. The molecule has 1 saturated heterocycles. The number of nitrogens with one attached hydrogen (secondary N) is 1. The number of likely N-dealkylation sites (tertiary alicyclic amines) is 1. The number of nitrogens with zero attached hydrogens (tertiary/aromatic N) is 2. The van der Waals surface area contributed by atoms with Gasteiger partial charge in [-0.3, -0.25) is 9.88 Å². The van der Waals surface area contributed by atoms with E-state index in [-0.39, 0.29) is 6.09 Å². The number of alkyl carbamates (subject to hydrolysis) is 1. The molecule has 1 N–H and O–H groups in total. The smallest absolute Gasteiger partial charge is 0.407 e. The average molecular weight is 291 g/mol. The van der Waals surface area contributed by atoms with Crippen molar-refractivity contribution in [3.8, 4) is 0 Å². The monoisotopic (exact) mass is 291 g/mol. The number of hydrogen-bond acceptors (Lipinski definition) is 4. The molecule has 1 aliphatic heterocycles. The lowest BCUT2D eigenvalue weighted by Gasteiger charge is -2.25. The summed E-state index contributed by atoms with van der Waals surface area (Å²) in [6, 6.07) is 4.42. The maximum absolute atomic E-state index is 11.7. The van der Waals surface area contributed by atoms with Crippen LogP contribution in [0.3, 0.4) is 0 Å². The number of ether oxygens (including phenoxy) is 1. The van der Waals surface area contributed by atoms with E-state index in [0.29, 0.717) is 12.6 Å². The van der Waals surface area contributed by atoms with Gasteiger partial charge in [-0.2, -0.15) is 0 Å². The van der Waals surface area contributed by atoms with Gasteiger partial charge in [-0.25, -0.2) is 4.79 Å². The van der Waals surface area contributed by atoms with Gasteiger partial charge < -0.3 is 10.1 Å². The zero-order chi connectivity index (χ0) is 15.3. The predicted octanol–water partition coefficient (Wildman–Crippen LogP) is 2.57. The number of carbonyl (C=O) groups is 1. The molecule has 0 radical (unpaired) electrons. The van der Waals surface area contributed by atoms with Gasteiger partial charge in [-0.1, -0.05) is 6.07 Å². The summed E-state index contributed by atoms with van der Waals surface area (Å²) in [5.41, 5.74) is 0.761. The minimum Gasteiger partial charge on any atom is -0.444 e. The Labute approximate surface area is 126 Å². The molecule has 21 heavy (non-hydrogen) atoms. The molecular weight excluding hydrogens is 266 g/mol. The van der Waals surface area contributed by atoms with Crippen molar-refractivity contribution in [1.29, 1.82) is 0 Å². The Morgan fingerprint density at radius 1 is 1.52 bits per heavy atom. The summed E-state index contributed by atoms with van der Waals surface area (Å²) in [6.07, 6.45) is 5.62. The van der Waals surface area contributed by atoms with Crippen molar-refractivity contribution in [2.45, 2.75) is 51.8 Å². The molecule has 0 aliphatic carbocycles. The summed E-state index contributed by atoms with van der Waals surface area (Å²) in [4.78, 5) is 18.3. The first-order chi connectivity index (χ1) is 9.94. The van der Waals surface area contributed by atoms with E-state index in [1.165, 1.54) is 12.0 Å². The van der Waals surface area contributed by atoms with Crippen LogP contribution in [0.15, 0.2) is 24.5 Å². The number of aromatic nitrogens is 1. The topological polar surface area (TPSA) is 54.5 Å². The summed E-state index contributed by atoms with van der Waals surface area (Å²) in [6.45, 7) is 8.20. The maximum atomic E-state index is 11.7. The van der Waals surface area contributed by atoms with Gasteiger partial charge in [-0.15, -0.1) is 0 Å². The van der Waals surface area contributed by atoms with Crippen LogP contribution >= 0.6 is 0 Å². The quantitative estimate of drug-likeness (QED) is 0.926. The van der Waals surface area contributed by atoms with Crippen LogP contribution in [0.2, 0.25) is 0 Å². The molecule has 116 valence electrons. The highest BCUT2D eigenvalue weighted by molar-refractivity contribution is 5.67. The second-order valence-corrected chi connectivity index (χ2v) is 6.51. The molecule has 2 rings (SSSR count). The average Bonchev–Trinajstić information content (AvgIpc) is 2.83. The van der Waals surface area contributed by atoms with E-state index in [2.05, 4.69) is 21.3 Å². The molecule has 0 spiro atoms. The fourth-order valence-electron chi connectivity index (χ4n) is 2.58. The first-order valence-electron chi connectivity index (χ1n) is 7.54. The lowest BCUT2D eigenvalue weighted by Crippen LogP contribution is -2.41. The Bertz CT molecular complexity index is 456. The number of rotatable bonds is 4. The summed E-state index contributed by atoms with van der Waals surface area (Å²) in [5, 5.41) is 2.88. The Kier molecular flexibility index (Phi) is 5.17. The third-order valence-corrected chi connectivity index (χ3v) is 3.49. The minimum atomic E-state index is -0.449. The number of hydrogen-bond donors (Lipinski definition) is 1. The molecule has 1 atom stereocenters. The highest BCUT2D eigenvalue weighted by Crippen LogP contribution is 2.19. The Hall–Kier alpha value is -1.62. The van der Waals surface area contributed by atoms with E-state index in [1.54, 1.807) is 6.20 Å². The van der Waals surface area contributed by atoms with E-state index >= 15 is 0 Å². The number of carbonyl (C=O) groups excluding carboxylic acids is 1. The van der Waals surface area contributed by atoms with Gasteiger partial charge in [0.15, 0.2) is 0 Å². The molecule has 1 aromatic rings. The molecule has 1 fully saturated rings. The van der Waals surface area contributed by atoms with Gasteiger partial charge in [0.2, 0.25) is 0 Å². The first kappa shape index (κ1) is 15.8. The minimum absolute atomic E-state index is 0.337. The predicted molar refractivity (Wildman–Crippen MR) is 81.9 cm³/mol. The molecule has 1 amide bonds. The summed E-state index contributed by atoms with van der Waals surface area (Å²) in [7, 11) is 0. The largest absolute Gasteiger partial charge is 0.444 e. The van der Waals surface area contributed by atoms with Gasteiger partial charge in [0, 0.05) is 31.5 Å². The lowest BCUT2D eigenvalue weighted by molar-refractivity contribution is 0.0512. The van der Waals surface area contributed by atoms with Gasteiger partial charge in [0.25, 0.3) is 0 Å². The summed E-state index contributed by atoms with van der Waals surface area (Å²) >= 11 is 0. The van der Waals surface area contributed by atoms with E-state index < -0.39 is 5.60 Å². The van der Waals surface area contributed by atoms with Crippen molar-refractivity contribution in [3.05, 3.63) is 30.1 Å². The standard InChI is InChI=1S/C16H25N3O2/c1-16(2,3)21-15(20)18-11-14-7-5-9-19(14)12-13-6-4-8-17-10-13/h4,6,8,10,14H,5,7,9,11-12H2,1-3H3,(H,18,20). The molecule has 1 unspecified atom stereocenters. The van der Waals surface area contributed by atoms with Crippen molar-refractivity contribution in [2.75, 3.05) is 13.1 Å². The molecule has 1 aromatic heterocycles. The highest BCUT2D eigenvalue weighted by atomic mass is 16.6. The SMILES string of the molecule is CC(C)(C)OC(=O)NCC1CCCN1Cc1cccnc1. The second kappa shape index (κ2) is 6.89. The molecule has 5 heteroatoms. The number of amides is 1. The van der Waals surface area contributed by atoms with Gasteiger partial charge in [-0.05, 0) is 51.8 Å². The molecular formula is C16H25N3O2. The van der Waals surface area contributed by atoms with E-state index in [1.807, 2.05) is 33.0 Å². The van der Waals surface area contributed by atoms with Crippen molar-refractivity contribution in [1.82, 2.24) is 15.2 Å². The maximum Gasteiger partial charge on any atom is 0.407 e. The lowest BCUT2D eigenvalue weighted by atomic mass is 10.2. The van der Waals surface area contributed by atoms with Crippen molar-refractivity contribution < 1.29 is 9.53 Å². The van der Waals surface area contributed by atoms with Crippen LogP contribution in [0.25, 0.3) is 0 Å². The Balaban J connectivity index is 1.81. The van der Waals surface area contributed by atoms with Gasteiger partial charge in [0.1, 0.15) is 5.60 Å². The van der Waals surface area contributed by atoms with Crippen molar-refractivity contribution >= 4 is 6.09 Å². The molecule has 0 bridgehead atoms. The van der Waals surface area contributed by atoms with Crippen LogP contribution in [-0.2, 0) is 11.3 Å². The van der Waals surface area contributed by atoms with Crippen LogP contribution < -0.4 is 5.32 Å².